The second kappa shape index (κ2) is 5.97. The van der Waals surface area contributed by atoms with Gasteiger partial charge < -0.3 is 11.5 Å². The quantitative estimate of drug-likeness (QED) is 0.326. The molecular formula is C8H19N3O. The number of likely N-dealkylation sites (N-methyl/N-ethyl adjacent to an activating group) is 1. The van der Waals surface area contributed by atoms with Crippen LogP contribution in [-0.4, -0.2) is 37.5 Å². The number of carbonyl (C=O) groups excluding carboxylic acids is 1. The van der Waals surface area contributed by atoms with Crippen molar-refractivity contribution in [3.63, 3.8) is 0 Å². The number of nitrogens with two attached hydrogens (primary N) is 2. The number of carbonyl (C=O) groups is 1. The Labute approximate surface area is 73.9 Å². The fourth-order valence-electron chi connectivity index (χ4n) is 1.14. The van der Waals surface area contributed by atoms with Crippen LogP contribution in [-0.2, 0) is 4.79 Å². The lowest BCUT2D eigenvalue weighted by Crippen LogP contribution is -2.40. The van der Waals surface area contributed by atoms with Gasteiger partial charge in [-0.15, -0.1) is 0 Å². The summed E-state index contributed by atoms with van der Waals surface area (Å²) >= 11 is 0. The molecule has 4 nitrogen and oxygen atoms in total. The van der Waals surface area contributed by atoms with E-state index in [1.165, 1.54) is 0 Å². The Kier molecular flexibility index (Phi) is 5.66. The minimum atomic E-state index is -0.253. The van der Waals surface area contributed by atoms with Crippen LogP contribution in [0.15, 0.2) is 0 Å². The van der Waals surface area contributed by atoms with Crippen molar-refractivity contribution in [2.45, 2.75) is 25.3 Å². The van der Waals surface area contributed by atoms with Crippen molar-refractivity contribution in [2.75, 3.05) is 20.6 Å². The monoisotopic (exact) mass is 176 g/mol. The van der Waals surface area contributed by atoms with Crippen molar-refractivity contribution < 1.29 is 4.79 Å². The molecule has 0 aliphatic heterocycles. The molecule has 12 heavy (non-hydrogen) atoms. The van der Waals surface area contributed by atoms with E-state index in [-0.39, 0.29) is 11.9 Å². The van der Waals surface area contributed by atoms with Crippen LogP contribution in [0.2, 0.25) is 0 Å². The SMILES string of the molecule is [13CH3]N([13CH3])C(CCCC[15NH2])C(N)=O. The van der Waals surface area contributed by atoms with Gasteiger partial charge in [0.2, 0.25) is 5.91 Å². The van der Waals surface area contributed by atoms with E-state index in [2.05, 4.69) is 0 Å². The Morgan fingerprint density at radius 2 is 2.00 bits per heavy atom. The van der Waals surface area contributed by atoms with Gasteiger partial charge in [-0.25, -0.2) is 0 Å². The zero-order valence-corrected chi connectivity index (χ0v) is 7.92. The zero-order valence-electron chi connectivity index (χ0n) is 7.92. The fourth-order valence-corrected chi connectivity index (χ4v) is 1.14. The van der Waals surface area contributed by atoms with Crippen LogP contribution in [0.4, 0.5) is 0 Å². The molecule has 0 rings (SSSR count). The van der Waals surface area contributed by atoms with Crippen LogP contribution in [0.3, 0.4) is 0 Å². The highest BCUT2D eigenvalue weighted by Gasteiger charge is 2.16. The number of primary amides is 1. The topological polar surface area (TPSA) is 72.3 Å². The molecule has 0 bridgehead atoms. The smallest absolute Gasteiger partial charge is 0.234 e. The van der Waals surface area contributed by atoms with Crippen LogP contribution < -0.4 is 11.5 Å². The summed E-state index contributed by atoms with van der Waals surface area (Å²) in [5, 5.41) is 0. The molecule has 0 aromatic carbocycles. The molecule has 0 heterocycles. The van der Waals surface area contributed by atoms with Crippen molar-refractivity contribution >= 4 is 5.91 Å². The maximum Gasteiger partial charge on any atom is 0.234 e. The van der Waals surface area contributed by atoms with Crippen molar-refractivity contribution in [1.82, 2.24) is 4.90 Å². The highest BCUT2D eigenvalue weighted by Crippen LogP contribution is 2.04. The minimum absolute atomic E-state index is 0.142. The summed E-state index contributed by atoms with van der Waals surface area (Å²) in [5.74, 6) is -0.253. The molecule has 0 spiro atoms. The molecule has 4 N–H and O–H groups in total. The summed E-state index contributed by atoms with van der Waals surface area (Å²) in [6.07, 6.45) is 2.72. The van der Waals surface area contributed by atoms with Gasteiger partial charge in [-0.1, -0.05) is 6.42 Å². The number of hydrogen-bond donors (Lipinski definition) is 2. The van der Waals surface area contributed by atoms with Gasteiger partial charge in [0.25, 0.3) is 0 Å². The molecule has 0 radical (unpaired) electrons. The van der Waals surface area contributed by atoms with Crippen molar-refractivity contribution in [3.05, 3.63) is 0 Å². The van der Waals surface area contributed by atoms with Gasteiger partial charge in [-0.3, -0.25) is 9.69 Å². The predicted molar refractivity (Wildman–Crippen MR) is 49.6 cm³/mol. The first-order valence-electron chi connectivity index (χ1n) is 4.25. The number of hydrogen-bond acceptors (Lipinski definition) is 3. The number of amides is 1. The van der Waals surface area contributed by atoms with Gasteiger partial charge in [-0.2, -0.15) is 0 Å². The molecule has 0 aromatic heterocycles. The lowest BCUT2D eigenvalue weighted by molar-refractivity contribution is -0.122. The van der Waals surface area contributed by atoms with Crippen LogP contribution in [0, 0.1) is 0 Å². The summed E-state index contributed by atoms with van der Waals surface area (Å²) in [5.41, 5.74) is 10.5. The summed E-state index contributed by atoms with van der Waals surface area (Å²) in [6, 6.07) is -0.142. The van der Waals surface area contributed by atoms with E-state index in [0.29, 0.717) is 6.54 Å². The van der Waals surface area contributed by atoms with Crippen LogP contribution in [0.5, 0.6) is 0 Å². The van der Waals surface area contributed by atoms with Crippen molar-refractivity contribution in [1.29, 1.82) is 0 Å². The van der Waals surface area contributed by atoms with E-state index in [1.807, 2.05) is 19.0 Å². The third kappa shape index (κ3) is 4.31. The van der Waals surface area contributed by atoms with E-state index >= 15 is 0 Å². The summed E-state index contributed by atoms with van der Waals surface area (Å²) in [4.78, 5) is 12.7. The molecule has 0 aliphatic carbocycles. The van der Waals surface area contributed by atoms with E-state index in [9.17, 15) is 4.79 Å². The van der Waals surface area contributed by atoms with E-state index in [0.717, 1.165) is 19.3 Å². The molecule has 0 saturated carbocycles. The molecule has 0 saturated heterocycles. The highest BCUT2D eigenvalue weighted by atomic mass is 16.1. The molecule has 1 atom stereocenters. The lowest BCUT2D eigenvalue weighted by Gasteiger charge is -2.20. The van der Waals surface area contributed by atoms with E-state index < -0.39 is 0 Å². The highest BCUT2D eigenvalue weighted by molar-refractivity contribution is 5.79. The van der Waals surface area contributed by atoms with Gasteiger partial charge in [0.1, 0.15) is 0 Å². The normalized spacial score (nSPS) is 13.3. The van der Waals surface area contributed by atoms with E-state index in [1.54, 1.807) is 0 Å². The number of nitrogens with zero attached hydrogens (tertiary/aromatic N) is 1. The number of unbranched alkanes of at least 4 members (excludes halogenated alkanes) is 1. The van der Waals surface area contributed by atoms with Crippen molar-refractivity contribution in [2.24, 2.45) is 11.5 Å². The van der Waals surface area contributed by atoms with Crippen molar-refractivity contribution in [3.8, 4) is 0 Å². The zero-order chi connectivity index (χ0) is 9.56. The third-order valence-electron chi connectivity index (χ3n) is 1.88. The van der Waals surface area contributed by atoms with E-state index in [4.69, 9.17) is 11.5 Å². The molecule has 1 unspecified atom stereocenters. The first kappa shape index (κ1) is 11.4. The largest absolute Gasteiger partial charge is 0.368 e. The summed E-state index contributed by atoms with van der Waals surface area (Å²) < 4.78 is 0. The van der Waals surface area contributed by atoms with Gasteiger partial charge >= 0.3 is 0 Å². The first-order chi connectivity index (χ1) is 5.59. The fraction of sp³-hybridized carbons (Fsp3) is 0.875. The van der Waals surface area contributed by atoms with Gasteiger partial charge in [0.05, 0.1) is 6.04 Å². The summed E-state index contributed by atoms with van der Waals surface area (Å²) in [7, 11) is 3.72. The Balaban J connectivity index is 3.72. The Hall–Kier alpha value is -0.610. The molecule has 1 amide bonds. The Morgan fingerprint density at radius 3 is 2.33 bits per heavy atom. The Bertz CT molecular complexity index is 136. The average molecular weight is 176 g/mol. The Morgan fingerprint density at radius 1 is 1.42 bits per heavy atom. The van der Waals surface area contributed by atoms with Crippen LogP contribution in [0.25, 0.3) is 0 Å². The lowest BCUT2D eigenvalue weighted by atomic mass is 10.1. The van der Waals surface area contributed by atoms with Gasteiger partial charge in [0, 0.05) is 0 Å². The maximum absolute atomic E-state index is 10.9. The molecule has 0 fully saturated rings. The maximum atomic E-state index is 10.9. The first-order valence-corrected chi connectivity index (χ1v) is 4.25. The van der Waals surface area contributed by atoms with Crippen LogP contribution in [0.1, 0.15) is 19.3 Å². The second-order valence-corrected chi connectivity index (χ2v) is 3.17. The molecular weight excluding hydrogens is 157 g/mol. The summed E-state index contributed by atoms with van der Waals surface area (Å²) in [6.45, 7) is 0.679. The predicted octanol–water partition coefficient (Wildman–Crippen LogP) is -0.469. The molecule has 4 heteroatoms. The van der Waals surface area contributed by atoms with Gasteiger partial charge in [-0.05, 0) is 33.5 Å². The standard InChI is InChI=1S/C8H19N3O/c1-11(2)7(8(10)12)5-3-4-6-9/h7H,3-6,9H2,1-2H3,(H2,10,12)/i1+1,2+1,9+1. The number of rotatable bonds is 6. The molecule has 0 aromatic rings. The molecule has 72 valence electrons. The molecule has 0 aliphatic rings. The third-order valence-corrected chi connectivity index (χ3v) is 1.88. The van der Waals surface area contributed by atoms with Crippen LogP contribution >= 0.6 is 0 Å². The minimum Gasteiger partial charge on any atom is -0.368 e. The average Bonchev–Trinajstić information content (AvgIpc) is 1.96. The second-order valence-electron chi connectivity index (χ2n) is 3.17. The van der Waals surface area contributed by atoms with Gasteiger partial charge in [0.15, 0.2) is 0 Å².